The van der Waals surface area contributed by atoms with Crippen LogP contribution in [-0.4, -0.2) is 0 Å². The molecule has 0 radical (unpaired) electrons. The third kappa shape index (κ3) is 2.06. The third-order valence-electron chi connectivity index (χ3n) is 9.15. The van der Waals surface area contributed by atoms with Crippen molar-refractivity contribution in [3.63, 3.8) is 0 Å². The quantitative estimate of drug-likeness (QED) is 0.535. The van der Waals surface area contributed by atoms with E-state index in [0.717, 1.165) is 17.8 Å². The molecule has 8 rings (SSSR count). The molecule has 0 nitrogen and oxygen atoms in total. The van der Waals surface area contributed by atoms with Crippen LogP contribution < -0.4 is 0 Å². The van der Waals surface area contributed by atoms with Crippen LogP contribution in [0.5, 0.6) is 0 Å². The fourth-order valence-electron chi connectivity index (χ4n) is 8.66. The Morgan fingerprint density at radius 1 is 0.690 bits per heavy atom. The second-order valence-electron chi connectivity index (χ2n) is 10.8. The van der Waals surface area contributed by atoms with Crippen molar-refractivity contribution in [1.82, 2.24) is 0 Å². The minimum Gasteiger partial charge on any atom is -0.0734 e. The van der Waals surface area contributed by atoms with Crippen molar-refractivity contribution in [2.75, 3.05) is 0 Å². The molecule has 146 valence electrons. The molecular weight excluding hydrogens is 348 g/mol. The Bertz CT molecular complexity index is 961. The van der Waals surface area contributed by atoms with Crippen LogP contribution in [0.1, 0.15) is 56.6 Å². The van der Waals surface area contributed by atoms with Gasteiger partial charge < -0.3 is 0 Å². The first-order valence-electron chi connectivity index (χ1n) is 11.8. The highest BCUT2D eigenvalue weighted by Crippen LogP contribution is 2.74. The molecule has 0 heteroatoms. The van der Waals surface area contributed by atoms with Crippen LogP contribution >= 0.6 is 0 Å². The molecule has 0 amide bonds. The summed E-state index contributed by atoms with van der Waals surface area (Å²) in [6.45, 7) is 2.45. The Morgan fingerprint density at radius 2 is 1.17 bits per heavy atom. The van der Waals surface area contributed by atoms with Gasteiger partial charge in [-0.25, -0.2) is 0 Å². The summed E-state index contributed by atoms with van der Waals surface area (Å²) in [5, 5.41) is 0. The van der Waals surface area contributed by atoms with E-state index in [1.54, 1.807) is 16.7 Å². The first-order valence-corrected chi connectivity index (χ1v) is 11.8. The molecule has 0 aromatic heterocycles. The molecule has 0 heterocycles. The third-order valence-corrected chi connectivity index (χ3v) is 9.15. The largest absolute Gasteiger partial charge is 0.0734 e. The van der Waals surface area contributed by atoms with Gasteiger partial charge in [0.25, 0.3) is 0 Å². The van der Waals surface area contributed by atoms with Crippen LogP contribution in [0.3, 0.4) is 0 Å². The van der Waals surface area contributed by atoms with Crippen molar-refractivity contribution in [3.05, 3.63) is 94.6 Å². The van der Waals surface area contributed by atoms with Crippen molar-refractivity contribution in [2.24, 2.45) is 29.1 Å². The zero-order valence-corrected chi connectivity index (χ0v) is 17.4. The summed E-state index contributed by atoms with van der Waals surface area (Å²) in [5.74, 6) is 3.59. The Kier molecular flexibility index (Phi) is 3.19. The monoisotopic (exact) mass is 378 g/mol. The van der Waals surface area contributed by atoms with Gasteiger partial charge in [-0.05, 0) is 95.5 Å². The van der Waals surface area contributed by atoms with E-state index < -0.39 is 0 Å². The van der Waals surface area contributed by atoms with Gasteiger partial charge in [-0.15, -0.1) is 0 Å². The summed E-state index contributed by atoms with van der Waals surface area (Å²) in [6, 6.07) is 22.7. The van der Waals surface area contributed by atoms with E-state index in [-0.39, 0.29) is 5.41 Å². The smallest absolute Gasteiger partial charge is 0.0676 e. The summed E-state index contributed by atoms with van der Waals surface area (Å²) in [4.78, 5) is 0. The predicted molar refractivity (Wildman–Crippen MR) is 119 cm³/mol. The van der Waals surface area contributed by atoms with Crippen LogP contribution in [0, 0.1) is 29.1 Å². The van der Waals surface area contributed by atoms with Gasteiger partial charge in [-0.2, -0.15) is 0 Å². The summed E-state index contributed by atoms with van der Waals surface area (Å²) < 4.78 is 0. The van der Waals surface area contributed by atoms with Gasteiger partial charge in [-0.1, -0.05) is 73.7 Å². The Labute approximate surface area is 174 Å². The Morgan fingerprint density at radius 3 is 1.66 bits per heavy atom. The minimum atomic E-state index is 0.0509. The van der Waals surface area contributed by atoms with Gasteiger partial charge >= 0.3 is 0 Å². The maximum atomic E-state index is 2.70. The van der Waals surface area contributed by atoms with Crippen LogP contribution in [0.2, 0.25) is 0 Å². The van der Waals surface area contributed by atoms with Crippen molar-refractivity contribution < 1.29 is 0 Å². The molecule has 6 aliphatic rings. The van der Waals surface area contributed by atoms with Gasteiger partial charge in [0.15, 0.2) is 0 Å². The van der Waals surface area contributed by atoms with E-state index in [1.807, 2.05) is 0 Å². The molecule has 1 unspecified atom stereocenters. The number of allylic oxidation sites excluding steroid dienone is 4. The fraction of sp³-hybridized carbons (Fsp3) is 0.448. The fourth-order valence-corrected chi connectivity index (χ4v) is 8.66. The van der Waals surface area contributed by atoms with Crippen molar-refractivity contribution in [2.45, 2.75) is 50.9 Å². The SMILES string of the molecule is CC1C=C(C23CC4CC(CC(C4)C2)C3)C2=C1C2(c1ccccc1)c1ccccc1. The molecule has 29 heavy (non-hydrogen) atoms. The summed E-state index contributed by atoms with van der Waals surface area (Å²) in [7, 11) is 0. The second-order valence-corrected chi connectivity index (χ2v) is 10.8. The number of hydrogen-bond donors (Lipinski definition) is 0. The number of hydrogen-bond acceptors (Lipinski definition) is 0. The average molecular weight is 379 g/mol. The minimum absolute atomic E-state index is 0.0509. The Balaban J connectivity index is 1.38. The van der Waals surface area contributed by atoms with Gasteiger partial charge in [0.2, 0.25) is 0 Å². The van der Waals surface area contributed by atoms with Crippen LogP contribution in [0.25, 0.3) is 0 Å². The van der Waals surface area contributed by atoms with E-state index in [9.17, 15) is 0 Å². The lowest BCUT2D eigenvalue weighted by atomic mass is 9.47. The van der Waals surface area contributed by atoms with Crippen LogP contribution in [0.15, 0.2) is 83.5 Å². The van der Waals surface area contributed by atoms with Gasteiger partial charge in [0.1, 0.15) is 0 Å². The maximum Gasteiger partial charge on any atom is 0.0676 e. The molecule has 0 spiro atoms. The molecule has 0 aliphatic heterocycles. The summed E-state index contributed by atoms with van der Waals surface area (Å²) in [5.41, 5.74) is 8.73. The van der Waals surface area contributed by atoms with Crippen LogP contribution in [-0.2, 0) is 5.41 Å². The topological polar surface area (TPSA) is 0 Å². The van der Waals surface area contributed by atoms with Crippen molar-refractivity contribution >= 4 is 0 Å². The summed E-state index contributed by atoms with van der Waals surface area (Å²) >= 11 is 0. The molecule has 6 aliphatic carbocycles. The Hall–Kier alpha value is -2.08. The molecule has 1 atom stereocenters. The van der Waals surface area contributed by atoms with E-state index in [1.165, 1.54) is 49.7 Å². The molecule has 4 fully saturated rings. The molecule has 2 aromatic carbocycles. The maximum absolute atomic E-state index is 2.70. The lowest BCUT2D eigenvalue weighted by molar-refractivity contribution is -0.0293. The normalized spacial score (nSPS) is 38.2. The summed E-state index contributed by atoms with van der Waals surface area (Å²) in [6.07, 6.45) is 11.7. The van der Waals surface area contributed by atoms with Gasteiger partial charge in [-0.3, -0.25) is 0 Å². The predicted octanol–water partition coefficient (Wildman–Crippen LogP) is 7.08. The molecule has 2 aromatic rings. The number of rotatable bonds is 3. The zero-order valence-electron chi connectivity index (χ0n) is 17.4. The van der Waals surface area contributed by atoms with Gasteiger partial charge in [0.05, 0.1) is 5.41 Å². The second kappa shape index (κ2) is 5.54. The molecule has 0 saturated heterocycles. The number of benzene rings is 2. The van der Waals surface area contributed by atoms with E-state index >= 15 is 0 Å². The van der Waals surface area contributed by atoms with E-state index in [0.29, 0.717) is 11.3 Å². The zero-order chi connectivity index (χ0) is 19.2. The highest BCUT2D eigenvalue weighted by atomic mass is 14.7. The molecule has 4 saturated carbocycles. The lowest BCUT2D eigenvalue weighted by Crippen LogP contribution is -2.47. The first kappa shape index (κ1) is 16.7. The lowest BCUT2D eigenvalue weighted by Gasteiger charge is -2.58. The molecule has 0 N–H and O–H groups in total. The highest BCUT2D eigenvalue weighted by molar-refractivity contribution is 5.81. The average Bonchev–Trinajstić information content (AvgIpc) is 3.30. The van der Waals surface area contributed by atoms with Crippen LogP contribution in [0.4, 0.5) is 0 Å². The first-order chi connectivity index (χ1) is 14.2. The van der Waals surface area contributed by atoms with Crippen molar-refractivity contribution in [3.8, 4) is 0 Å². The molecule has 4 bridgehead atoms. The van der Waals surface area contributed by atoms with E-state index in [4.69, 9.17) is 0 Å². The van der Waals surface area contributed by atoms with Gasteiger partial charge in [0, 0.05) is 0 Å². The van der Waals surface area contributed by atoms with E-state index in [2.05, 4.69) is 73.7 Å². The highest BCUT2D eigenvalue weighted by Gasteiger charge is 2.65. The standard InChI is InChI=1S/C29H30/c1-19-12-25(28-16-20-13-21(17-28)15-22(14-20)18-28)27-26(19)29(27,23-8-4-2-5-9-23)24-10-6-3-7-11-24/h2-12,19-22H,13-18H2,1H3. The van der Waals surface area contributed by atoms with Crippen molar-refractivity contribution in [1.29, 1.82) is 0 Å². The molecular formula is C29H30.